The third-order valence-corrected chi connectivity index (χ3v) is 8.25. The van der Waals surface area contributed by atoms with E-state index in [-0.39, 0.29) is 0 Å². The second kappa shape index (κ2) is 10.2. The highest BCUT2D eigenvalue weighted by molar-refractivity contribution is 14.1. The molecule has 0 saturated carbocycles. The van der Waals surface area contributed by atoms with Gasteiger partial charge in [0, 0.05) is 60.1 Å². The molecule has 1 aliphatic heterocycles. The molecule has 4 nitrogen and oxygen atoms in total. The summed E-state index contributed by atoms with van der Waals surface area (Å²) in [6.07, 6.45) is 4.18. The second-order valence-electron chi connectivity index (χ2n) is 9.62. The summed E-state index contributed by atoms with van der Waals surface area (Å²) in [5.41, 5.74) is 8.27. The highest BCUT2D eigenvalue weighted by Crippen LogP contribution is 2.37. The second-order valence-corrected chi connectivity index (χ2v) is 10.9. The van der Waals surface area contributed by atoms with Crippen LogP contribution in [0.4, 0.5) is 5.69 Å². The molecule has 4 aromatic rings. The van der Waals surface area contributed by atoms with Crippen molar-refractivity contribution < 1.29 is 0 Å². The van der Waals surface area contributed by atoms with Crippen LogP contribution in [0.2, 0.25) is 0 Å². The van der Waals surface area contributed by atoms with Crippen LogP contribution in [0.25, 0.3) is 10.9 Å². The van der Waals surface area contributed by atoms with E-state index in [0.29, 0.717) is 6.04 Å². The zero-order valence-corrected chi connectivity index (χ0v) is 22.1. The van der Waals surface area contributed by atoms with Crippen molar-refractivity contribution in [3.05, 3.63) is 105 Å². The van der Waals surface area contributed by atoms with E-state index in [1.165, 1.54) is 36.9 Å². The van der Waals surface area contributed by atoms with Crippen LogP contribution in [0.15, 0.2) is 79.0 Å². The third-order valence-electron chi connectivity index (χ3n) is 7.58. The van der Waals surface area contributed by atoms with Crippen LogP contribution in [0.3, 0.4) is 0 Å². The molecule has 1 aliphatic carbocycles. The lowest BCUT2D eigenvalue weighted by atomic mass is 9.93. The summed E-state index contributed by atoms with van der Waals surface area (Å²) >= 11 is 2.35. The van der Waals surface area contributed by atoms with Crippen molar-refractivity contribution >= 4 is 39.2 Å². The Morgan fingerprint density at radius 1 is 0.829 bits per heavy atom. The minimum atomic E-state index is 0.371. The number of nitrogens with zero attached hydrogens (tertiary/aromatic N) is 3. The highest BCUT2D eigenvalue weighted by atomic mass is 127. The van der Waals surface area contributed by atoms with Crippen LogP contribution >= 0.6 is 22.6 Å². The summed E-state index contributed by atoms with van der Waals surface area (Å²) < 4.78 is 1.22. The lowest BCUT2D eigenvalue weighted by Gasteiger charge is -2.40. The Bertz CT molecular complexity index is 1280. The van der Waals surface area contributed by atoms with Gasteiger partial charge in [-0.25, -0.2) is 0 Å². The standard InChI is InChI=1S/C30H31IN4/c31-24-11-12-27-28(13-14-32-29(27)21-24)33-15-16-34-17-19-35(20-18-34)30-25-7-3-1-5-22(25)9-10-23-6-2-4-8-26(23)30/h1-8,11-14,21,30H,9-10,15-20H2,(H,32,33). The van der Waals surface area contributed by atoms with Crippen LogP contribution in [0.1, 0.15) is 28.3 Å². The van der Waals surface area contributed by atoms with Gasteiger partial charge < -0.3 is 5.32 Å². The molecular weight excluding hydrogens is 543 g/mol. The van der Waals surface area contributed by atoms with Gasteiger partial charge in [0.25, 0.3) is 0 Å². The Labute approximate surface area is 221 Å². The maximum absolute atomic E-state index is 4.53. The number of nitrogens with one attached hydrogen (secondary N) is 1. The van der Waals surface area contributed by atoms with Crippen LogP contribution in [0.5, 0.6) is 0 Å². The summed E-state index contributed by atoms with van der Waals surface area (Å²) in [4.78, 5) is 9.85. The topological polar surface area (TPSA) is 31.4 Å². The number of aromatic nitrogens is 1. The Balaban J connectivity index is 1.12. The van der Waals surface area contributed by atoms with E-state index >= 15 is 0 Å². The first-order valence-electron chi connectivity index (χ1n) is 12.7. The molecule has 2 aliphatic rings. The summed E-state index contributed by atoms with van der Waals surface area (Å²) in [5.74, 6) is 0. The number of piperazine rings is 1. The van der Waals surface area contributed by atoms with Crippen LogP contribution in [0, 0.1) is 3.57 Å². The number of pyridine rings is 1. The number of rotatable bonds is 5. The van der Waals surface area contributed by atoms with Gasteiger partial charge in [0.2, 0.25) is 0 Å². The van der Waals surface area contributed by atoms with Gasteiger partial charge in [0.1, 0.15) is 0 Å². The van der Waals surface area contributed by atoms with Gasteiger partial charge in [-0.2, -0.15) is 0 Å². The average Bonchev–Trinajstić information content (AvgIpc) is 3.06. The first-order chi connectivity index (χ1) is 17.3. The van der Waals surface area contributed by atoms with E-state index in [9.17, 15) is 0 Å². The molecule has 2 heterocycles. The molecule has 35 heavy (non-hydrogen) atoms. The van der Waals surface area contributed by atoms with Gasteiger partial charge in [0.15, 0.2) is 0 Å². The van der Waals surface area contributed by atoms with E-state index in [1.807, 2.05) is 6.20 Å². The predicted molar refractivity (Wildman–Crippen MR) is 153 cm³/mol. The van der Waals surface area contributed by atoms with Crippen LogP contribution < -0.4 is 5.32 Å². The molecular formula is C30H31IN4. The lowest BCUT2D eigenvalue weighted by molar-refractivity contribution is 0.112. The van der Waals surface area contributed by atoms with Crippen molar-refractivity contribution in [2.75, 3.05) is 44.6 Å². The number of aryl methyl sites for hydroxylation is 2. The van der Waals surface area contributed by atoms with Crippen LogP contribution in [-0.4, -0.2) is 54.1 Å². The number of hydrogen-bond donors (Lipinski definition) is 1. The zero-order valence-electron chi connectivity index (χ0n) is 20.0. The van der Waals surface area contributed by atoms with Crippen molar-refractivity contribution in [2.24, 2.45) is 0 Å². The molecule has 0 bridgehead atoms. The van der Waals surface area contributed by atoms with Gasteiger partial charge in [-0.15, -0.1) is 0 Å². The molecule has 178 valence electrons. The molecule has 0 atom stereocenters. The summed E-state index contributed by atoms with van der Waals surface area (Å²) in [7, 11) is 0. The van der Waals surface area contributed by atoms with Crippen molar-refractivity contribution in [2.45, 2.75) is 18.9 Å². The molecule has 5 heteroatoms. The molecule has 1 saturated heterocycles. The van der Waals surface area contributed by atoms with Crippen molar-refractivity contribution in [1.82, 2.24) is 14.8 Å². The highest BCUT2D eigenvalue weighted by Gasteiger charge is 2.30. The fraction of sp³-hybridized carbons (Fsp3) is 0.300. The van der Waals surface area contributed by atoms with Gasteiger partial charge in [0.05, 0.1) is 11.6 Å². The molecule has 1 aromatic heterocycles. The summed E-state index contributed by atoms with van der Waals surface area (Å²) in [6.45, 7) is 6.42. The van der Waals surface area contributed by atoms with E-state index < -0.39 is 0 Å². The first-order valence-corrected chi connectivity index (χ1v) is 13.7. The number of hydrogen-bond acceptors (Lipinski definition) is 4. The van der Waals surface area contributed by atoms with E-state index in [0.717, 1.165) is 57.6 Å². The molecule has 0 radical (unpaired) electrons. The molecule has 1 N–H and O–H groups in total. The summed E-state index contributed by atoms with van der Waals surface area (Å²) in [6, 6.07) is 27.1. The Hall–Kier alpha value is -2.48. The van der Waals surface area contributed by atoms with Crippen molar-refractivity contribution in [3.63, 3.8) is 0 Å². The minimum absolute atomic E-state index is 0.371. The molecule has 3 aromatic carbocycles. The molecule has 1 fully saturated rings. The number of fused-ring (bicyclic) bond motifs is 3. The SMILES string of the molecule is Ic1ccc2c(NCCN3CCN(C4c5ccccc5CCc5ccccc54)CC3)ccnc2c1. The van der Waals surface area contributed by atoms with Crippen molar-refractivity contribution in [3.8, 4) is 0 Å². The maximum atomic E-state index is 4.53. The maximum Gasteiger partial charge on any atom is 0.0733 e. The Morgan fingerprint density at radius 2 is 1.51 bits per heavy atom. The largest absolute Gasteiger partial charge is 0.383 e. The van der Waals surface area contributed by atoms with Gasteiger partial charge >= 0.3 is 0 Å². The van der Waals surface area contributed by atoms with Gasteiger partial charge in [-0.1, -0.05) is 48.5 Å². The van der Waals surface area contributed by atoms with Crippen LogP contribution in [-0.2, 0) is 12.8 Å². The average molecular weight is 575 g/mol. The monoisotopic (exact) mass is 574 g/mol. The van der Waals surface area contributed by atoms with E-state index in [1.54, 1.807) is 0 Å². The Morgan fingerprint density at radius 3 is 2.23 bits per heavy atom. The van der Waals surface area contributed by atoms with E-state index in [4.69, 9.17) is 0 Å². The predicted octanol–water partition coefficient (Wildman–Crippen LogP) is 5.76. The number of benzene rings is 3. The minimum Gasteiger partial charge on any atom is -0.383 e. The molecule has 0 spiro atoms. The normalized spacial score (nSPS) is 17.1. The third kappa shape index (κ3) is 4.82. The smallest absolute Gasteiger partial charge is 0.0733 e. The Kier molecular flexibility index (Phi) is 6.72. The molecule has 6 rings (SSSR count). The number of anilines is 1. The lowest BCUT2D eigenvalue weighted by Crippen LogP contribution is -2.49. The van der Waals surface area contributed by atoms with Gasteiger partial charge in [-0.3, -0.25) is 14.8 Å². The zero-order chi connectivity index (χ0) is 23.6. The fourth-order valence-corrected chi connectivity index (χ4v) is 6.23. The quantitative estimate of drug-likeness (QED) is 0.308. The van der Waals surface area contributed by atoms with E-state index in [2.05, 4.69) is 115 Å². The first kappa shape index (κ1) is 23.0. The van der Waals surface area contributed by atoms with Crippen molar-refractivity contribution in [1.29, 1.82) is 0 Å². The number of halogens is 1. The molecule has 0 unspecified atom stereocenters. The summed E-state index contributed by atoms with van der Waals surface area (Å²) in [5, 5.41) is 4.86. The molecule has 0 amide bonds. The van der Waals surface area contributed by atoms with Gasteiger partial charge in [-0.05, 0) is 82.0 Å². The fourth-order valence-electron chi connectivity index (χ4n) is 5.76.